The molecular weight excluding hydrogens is 442 g/mol. The fourth-order valence-corrected chi connectivity index (χ4v) is 4.92. The number of imidazole rings is 1. The van der Waals surface area contributed by atoms with Crippen molar-refractivity contribution in [3.8, 4) is 11.3 Å². The van der Waals surface area contributed by atoms with Gasteiger partial charge in [0, 0.05) is 20.7 Å². The van der Waals surface area contributed by atoms with Gasteiger partial charge < -0.3 is 15.0 Å². The number of ketones is 1. The van der Waals surface area contributed by atoms with Gasteiger partial charge in [0.2, 0.25) is 0 Å². The Kier molecular flexibility index (Phi) is 6.57. The fourth-order valence-electron chi connectivity index (χ4n) is 3.97. The molecule has 2 atom stereocenters. The van der Waals surface area contributed by atoms with Crippen LogP contribution in [0.4, 0.5) is 5.82 Å². The number of thioether (sulfide) groups is 1. The highest BCUT2D eigenvalue weighted by molar-refractivity contribution is 8.00. The number of Topliss-reactive ketones (excluding diaryl/α,β-unsaturated/α-hetero) is 1. The topological polar surface area (TPSA) is 114 Å². The average Bonchev–Trinajstić information content (AvgIpc) is 3.47. The minimum Gasteiger partial charge on any atom is -0.384 e. The number of benzene rings is 1. The van der Waals surface area contributed by atoms with Crippen LogP contribution in [0.15, 0.2) is 51.3 Å². The highest BCUT2D eigenvalue weighted by Crippen LogP contribution is 2.31. The average molecular weight is 470 g/mol. The van der Waals surface area contributed by atoms with Gasteiger partial charge in [-0.3, -0.25) is 18.7 Å². The molecule has 1 aliphatic heterocycles. The predicted molar refractivity (Wildman–Crippen MR) is 128 cm³/mol. The Morgan fingerprint density at radius 2 is 1.97 bits per heavy atom. The molecule has 0 aliphatic carbocycles. The van der Waals surface area contributed by atoms with E-state index in [0.29, 0.717) is 11.7 Å². The number of carbonyl (C=O) groups is 1. The van der Waals surface area contributed by atoms with Gasteiger partial charge in [0.15, 0.2) is 10.9 Å². The van der Waals surface area contributed by atoms with Gasteiger partial charge in [-0.2, -0.15) is 0 Å². The van der Waals surface area contributed by atoms with Gasteiger partial charge >= 0.3 is 5.69 Å². The van der Waals surface area contributed by atoms with Crippen LogP contribution in [0.5, 0.6) is 0 Å². The van der Waals surface area contributed by atoms with Gasteiger partial charge in [-0.1, -0.05) is 42.1 Å². The van der Waals surface area contributed by atoms with E-state index in [-0.39, 0.29) is 17.5 Å². The Labute approximate surface area is 195 Å². The van der Waals surface area contributed by atoms with Gasteiger partial charge in [0.1, 0.15) is 11.4 Å². The van der Waals surface area contributed by atoms with Crippen LogP contribution in [-0.2, 0) is 25.4 Å². The van der Waals surface area contributed by atoms with Crippen LogP contribution >= 0.6 is 11.8 Å². The van der Waals surface area contributed by atoms with Gasteiger partial charge in [-0.05, 0) is 25.3 Å². The number of anilines is 1. The van der Waals surface area contributed by atoms with Crippen molar-refractivity contribution < 1.29 is 9.53 Å². The van der Waals surface area contributed by atoms with Crippen molar-refractivity contribution >= 4 is 23.4 Å². The summed E-state index contributed by atoms with van der Waals surface area (Å²) >= 11 is 1.26. The zero-order valence-electron chi connectivity index (χ0n) is 18.9. The molecular formula is C23H27N5O4S. The molecule has 1 fully saturated rings. The number of aromatic nitrogens is 4. The van der Waals surface area contributed by atoms with Gasteiger partial charge in [-0.25, -0.2) is 9.78 Å². The summed E-state index contributed by atoms with van der Waals surface area (Å²) in [5, 5.41) is 0.0113. The van der Waals surface area contributed by atoms with E-state index in [2.05, 4.69) is 9.55 Å². The smallest absolute Gasteiger partial charge is 0.332 e. The van der Waals surface area contributed by atoms with Crippen molar-refractivity contribution in [2.45, 2.75) is 42.8 Å². The molecule has 9 nitrogen and oxygen atoms in total. The highest BCUT2D eigenvalue weighted by atomic mass is 32.2. The lowest BCUT2D eigenvalue weighted by Gasteiger charge is -2.18. The molecule has 0 radical (unpaired) electrons. The zero-order valence-corrected chi connectivity index (χ0v) is 19.7. The molecule has 3 aromatic rings. The Hall–Kier alpha value is -3.11. The van der Waals surface area contributed by atoms with Gasteiger partial charge in [-0.15, -0.1) is 0 Å². The first kappa shape index (κ1) is 23.1. The lowest BCUT2D eigenvalue weighted by atomic mass is 10.1. The van der Waals surface area contributed by atoms with Gasteiger partial charge in [0.05, 0.1) is 29.8 Å². The van der Waals surface area contributed by atoms with Crippen molar-refractivity contribution in [2.75, 3.05) is 12.3 Å². The van der Waals surface area contributed by atoms with Crippen LogP contribution in [0.3, 0.4) is 0 Å². The molecule has 1 aliphatic rings. The maximum absolute atomic E-state index is 13.2. The largest absolute Gasteiger partial charge is 0.384 e. The molecule has 2 N–H and O–H groups in total. The van der Waals surface area contributed by atoms with Crippen LogP contribution < -0.4 is 17.0 Å². The Balaban J connectivity index is 1.68. The third kappa shape index (κ3) is 4.40. The van der Waals surface area contributed by atoms with Crippen LogP contribution in [0.1, 0.15) is 30.1 Å². The first-order valence-corrected chi connectivity index (χ1v) is 11.7. The summed E-state index contributed by atoms with van der Waals surface area (Å²) in [6.07, 6.45) is 3.87. The van der Waals surface area contributed by atoms with Crippen molar-refractivity contribution in [3.63, 3.8) is 0 Å². The highest BCUT2D eigenvalue weighted by Gasteiger charge is 2.28. The molecule has 3 heterocycles. The summed E-state index contributed by atoms with van der Waals surface area (Å²) in [5.74, 6) is -0.574. The molecule has 1 saturated heterocycles. The zero-order chi connectivity index (χ0) is 23.7. The second-order valence-corrected chi connectivity index (χ2v) is 9.44. The SMILES string of the molecule is CC(Sc1ncc(-c2ccccc2)n1CC1CCCO1)C(=O)c1c(N)n(C)c(=O)n(C)c1=O. The number of hydrogen-bond acceptors (Lipinski definition) is 7. The number of rotatable bonds is 7. The number of nitrogens with two attached hydrogens (primary N) is 1. The van der Waals surface area contributed by atoms with Crippen LogP contribution in [0, 0.1) is 0 Å². The van der Waals surface area contributed by atoms with Crippen molar-refractivity contribution in [2.24, 2.45) is 14.1 Å². The maximum atomic E-state index is 13.2. The molecule has 0 spiro atoms. The molecule has 2 unspecified atom stereocenters. The van der Waals surface area contributed by atoms with Crippen LogP contribution in [-0.4, -0.2) is 42.4 Å². The third-order valence-corrected chi connectivity index (χ3v) is 7.01. The number of nitrogens with zero attached hydrogens (tertiary/aromatic N) is 4. The standard InChI is InChI=1S/C23H27N5O4S/c1-14(19(29)18-20(24)26(2)23(31)27(3)21(18)30)33-22-25-12-17(15-8-5-4-6-9-15)28(22)13-16-10-7-11-32-16/h4-6,8-9,12,14,16H,7,10-11,13,24H2,1-3H3. The first-order valence-electron chi connectivity index (χ1n) is 10.8. The monoisotopic (exact) mass is 469 g/mol. The predicted octanol–water partition coefficient (Wildman–Crippen LogP) is 2.07. The summed E-state index contributed by atoms with van der Waals surface area (Å²) in [6.45, 7) is 3.08. The quantitative estimate of drug-likeness (QED) is 0.416. The summed E-state index contributed by atoms with van der Waals surface area (Å²) in [4.78, 5) is 42.6. The molecule has 174 valence electrons. The van der Waals surface area contributed by atoms with Crippen molar-refractivity contribution in [3.05, 3.63) is 62.9 Å². The van der Waals surface area contributed by atoms with E-state index in [0.717, 1.165) is 39.8 Å². The van der Waals surface area contributed by atoms with Crippen molar-refractivity contribution in [1.82, 2.24) is 18.7 Å². The maximum Gasteiger partial charge on any atom is 0.332 e. The lowest BCUT2D eigenvalue weighted by Crippen LogP contribution is -2.42. The molecule has 0 amide bonds. The molecule has 33 heavy (non-hydrogen) atoms. The van der Waals surface area contributed by atoms with E-state index in [9.17, 15) is 14.4 Å². The molecule has 4 rings (SSSR count). The van der Waals surface area contributed by atoms with E-state index >= 15 is 0 Å². The molecule has 0 bridgehead atoms. The Morgan fingerprint density at radius 1 is 1.24 bits per heavy atom. The summed E-state index contributed by atoms with van der Waals surface area (Å²) in [6, 6.07) is 9.92. The third-order valence-electron chi connectivity index (χ3n) is 5.91. The summed E-state index contributed by atoms with van der Waals surface area (Å²) in [7, 11) is 2.77. The van der Waals surface area contributed by atoms with E-state index in [1.54, 1.807) is 13.1 Å². The van der Waals surface area contributed by atoms with E-state index in [1.165, 1.54) is 25.9 Å². The minimum atomic E-state index is -0.694. The Bertz CT molecular complexity index is 1290. The molecule has 10 heteroatoms. The molecule has 2 aromatic heterocycles. The van der Waals surface area contributed by atoms with Gasteiger partial charge in [0.25, 0.3) is 5.56 Å². The van der Waals surface area contributed by atoms with Crippen molar-refractivity contribution in [1.29, 1.82) is 0 Å². The number of hydrogen-bond donors (Lipinski definition) is 1. The van der Waals surface area contributed by atoms with E-state index in [4.69, 9.17) is 10.5 Å². The number of carbonyl (C=O) groups excluding carboxylic acids is 1. The first-order chi connectivity index (χ1) is 15.8. The van der Waals surface area contributed by atoms with E-state index in [1.807, 2.05) is 30.3 Å². The summed E-state index contributed by atoms with van der Waals surface area (Å²) in [5.41, 5.74) is 6.49. The molecule has 1 aromatic carbocycles. The number of ether oxygens (including phenoxy) is 1. The summed E-state index contributed by atoms with van der Waals surface area (Å²) < 4.78 is 9.92. The second kappa shape index (κ2) is 9.40. The van der Waals surface area contributed by atoms with Crippen LogP contribution in [0.25, 0.3) is 11.3 Å². The molecule has 0 saturated carbocycles. The van der Waals surface area contributed by atoms with Crippen LogP contribution in [0.2, 0.25) is 0 Å². The Morgan fingerprint density at radius 3 is 2.64 bits per heavy atom. The normalized spacial score (nSPS) is 16.8. The second-order valence-electron chi connectivity index (χ2n) is 8.13. The lowest BCUT2D eigenvalue weighted by molar-refractivity contribution is 0.0953. The van der Waals surface area contributed by atoms with E-state index < -0.39 is 22.3 Å². The fraction of sp³-hybridized carbons (Fsp3) is 0.391. The minimum absolute atomic E-state index is 0.0820. The number of nitrogen functional groups attached to an aromatic ring is 1.